The second-order valence-electron chi connectivity index (χ2n) is 4.26. The van der Waals surface area contributed by atoms with Gasteiger partial charge in [0.15, 0.2) is 0 Å². The molecule has 1 aromatic heterocycles. The number of nitrogens with zero attached hydrogens (tertiary/aromatic N) is 2. The van der Waals surface area contributed by atoms with E-state index in [1.165, 1.54) is 11.3 Å². The van der Waals surface area contributed by atoms with Crippen LogP contribution in [0.2, 0.25) is 0 Å². The predicted octanol–water partition coefficient (Wildman–Crippen LogP) is 4.26. The van der Waals surface area contributed by atoms with Crippen LogP contribution < -0.4 is 0 Å². The van der Waals surface area contributed by atoms with E-state index in [4.69, 9.17) is 0 Å². The number of hydrogen-bond acceptors (Lipinski definition) is 1. The van der Waals surface area contributed by atoms with Crippen LogP contribution in [0.5, 0.6) is 0 Å². The molecule has 0 bridgehead atoms. The fourth-order valence-electron chi connectivity index (χ4n) is 2.07. The Morgan fingerprint density at radius 3 is 2.33 bits per heavy atom. The molecule has 0 amide bonds. The van der Waals surface area contributed by atoms with Crippen molar-refractivity contribution in [2.75, 3.05) is 0 Å². The van der Waals surface area contributed by atoms with Crippen molar-refractivity contribution >= 4 is 15.9 Å². The quantitative estimate of drug-likeness (QED) is 0.733. The molecule has 0 radical (unpaired) electrons. The zero-order valence-corrected chi connectivity index (χ0v) is 11.7. The van der Waals surface area contributed by atoms with Crippen LogP contribution in [0, 0.1) is 0 Å². The van der Waals surface area contributed by atoms with Gasteiger partial charge in [0.2, 0.25) is 0 Å². The SMILES string of the molecule is CCC(CC)n1ncc(CBr)c1C(C)C. The van der Waals surface area contributed by atoms with Crippen LogP contribution in [-0.4, -0.2) is 9.78 Å². The Morgan fingerprint density at radius 1 is 1.33 bits per heavy atom. The molecule has 1 rings (SSSR count). The molecule has 1 aromatic rings. The summed E-state index contributed by atoms with van der Waals surface area (Å²) in [4.78, 5) is 0. The molecular formula is C12H21BrN2. The zero-order chi connectivity index (χ0) is 11.4. The summed E-state index contributed by atoms with van der Waals surface area (Å²) in [6.07, 6.45) is 4.31. The molecular weight excluding hydrogens is 252 g/mol. The van der Waals surface area contributed by atoms with Crippen molar-refractivity contribution in [3.8, 4) is 0 Å². The van der Waals surface area contributed by atoms with Crippen molar-refractivity contribution in [2.24, 2.45) is 0 Å². The molecule has 0 saturated heterocycles. The maximum absolute atomic E-state index is 4.54. The van der Waals surface area contributed by atoms with Crippen LogP contribution in [0.3, 0.4) is 0 Å². The summed E-state index contributed by atoms with van der Waals surface area (Å²) in [6.45, 7) is 8.94. The Hall–Kier alpha value is -0.310. The van der Waals surface area contributed by atoms with Crippen molar-refractivity contribution in [1.29, 1.82) is 0 Å². The van der Waals surface area contributed by atoms with Gasteiger partial charge in [-0.1, -0.05) is 43.6 Å². The lowest BCUT2D eigenvalue weighted by Gasteiger charge is -2.19. The molecule has 0 saturated carbocycles. The van der Waals surface area contributed by atoms with E-state index in [1.54, 1.807) is 0 Å². The normalized spacial score (nSPS) is 11.7. The number of alkyl halides is 1. The van der Waals surface area contributed by atoms with Gasteiger partial charge in [-0.25, -0.2) is 0 Å². The van der Waals surface area contributed by atoms with Crippen LogP contribution >= 0.6 is 15.9 Å². The third kappa shape index (κ3) is 2.63. The summed E-state index contributed by atoms with van der Waals surface area (Å²) in [5.74, 6) is 0.542. The van der Waals surface area contributed by atoms with Gasteiger partial charge < -0.3 is 0 Å². The second-order valence-corrected chi connectivity index (χ2v) is 4.82. The molecule has 1 heterocycles. The lowest BCUT2D eigenvalue weighted by Crippen LogP contribution is -2.13. The minimum atomic E-state index is 0.542. The molecule has 0 aliphatic carbocycles. The first-order valence-corrected chi connectivity index (χ1v) is 6.90. The fraction of sp³-hybridized carbons (Fsp3) is 0.750. The van der Waals surface area contributed by atoms with Gasteiger partial charge in [-0.05, 0) is 18.8 Å². The van der Waals surface area contributed by atoms with E-state index in [1.807, 2.05) is 6.20 Å². The third-order valence-corrected chi connectivity index (χ3v) is 3.50. The molecule has 3 heteroatoms. The molecule has 15 heavy (non-hydrogen) atoms. The smallest absolute Gasteiger partial charge is 0.0533 e. The summed E-state index contributed by atoms with van der Waals surface area (Å²) >= 11 is 3.53. The minimum absolute atomic E-state index is 0.542. The van der Waals surface area contributed by atoms with E-state index in [0.717, 1.165) is 18.2 Å². The lowest BCUT2D eigenvalue weighted by molar-refractivity contribution is 0.408. The summed E-state index contributed by atoms with van der Waals surface area (Å²) in [5.41, 5.74) is 2.72. The summed E-state index contributed by atoms with van der Waals surface area (Å²) in [6, 6.07) is 0.551. The van der Waals surface area contributed by atoms with Crippen molar-refractivity contribution in [3.05, 3.63) is 17.5 Å². The van der Waals surface area contributed by atoms with Crippen molar-refractivity contribution in [3.63, 3.8) is 0 Å². The van der Waals surface area contributed by atoms with Gasteiger partial charge in [0, 0.05) is 16.6 Å². The van der Waals surface area contributed by atoms with Crippen LogP contribution in [0.25, 0.3) is 0 Å². The first-order valence-electron chi connectivity index (χ1n) is 5.77. The zero-order valence-electron chi connectivity index (χ0n) is 10.1. The van der Waals surface area contributed by atoms with E-state index in [-0.39, 0.29) is 0 Å². The Morgan fingerprint density at radius 2 is 1.93 bits per heavy atom. The molecule has 0 aliphatic rings. The molecule has 0 aliphatic heterocycles. The molecule has 0 fully saturated rings. The fourth-order valence-corrected chi connectivity index (χ4v) is 2.50. The summed E-state index contributed by atoms with van der Waals surface area (Å²) in [5, 5.41) is 5.44. The third-order valence-electron chi connectivity index (χ3n) is 2.89. The lowest BCUT2D eigenvalue weighted by atomic mass is 10.1. The van der Waals surface area contributed by atoms with E-state index in [0.29, 0.717) is 12.0 Å². The molecule has 0 N–H and O–H groups in total. The predicted molar refractivity (Wildman–Crippen MR) is 68.6 cm³/mol. The van der Waals surface area contributed by atoms with E-state index in [9.17, 15) is 0 Å². The average Bonchev–Trinajstić information content (AvgIpc) is 2.63. The molecule has 0 unspecified atom stereocenters. The van der Waals surface area contributed by atoms with Gasteiger partial charge in [-0.15, -0.1) is 0 Å². The number of rotatable bonds is 5. The van der Waals surface area contributed by atoms with Crippen LogP contribution in [0.4, 0.5) is 0 Å². The summed E-state index contributed by atoms with van der Waals surface area (Å²) < 4.78 is 2.22. The number of hydrogen-bond donors (Lipinski definition) is 0. The Kier molecular flexibility index (Phi) is 4.84. The van der Waals surface area contributed by atoms with Gasteiger partial charge in [-0.3, -0.25) is 4.68 Å². The van der Waals surface area contributed by atoms with Gasteiger partial charge in [0.1, 0.15) is 0 Å². The average molecular weight is 273 g/mol. The van der Waals surface area contributed by atoms with E-state index in [2.05, 4.69) is 53.4 Å². The second kappa shape index (κ2) is 5.69. The topological polar surface area (TPSA) is 17.8 Å². The standard InChI is InChI=1S/C12H21BrN2/c1-5-11(6-2)15-12(9(3)4)10(7-13)8-14-15/h8-9,11H,5-7H2,1-4H3. The molecule has 0 aromatic carbocycles. The highest BCUT2D eigenvalue weighted by molar-refractivity contribution is 9.08. The highest BCUT2D eigenvalue weighted by atomic mass is 79.9. The van der Waals surface area contributed by atoms with E-state index >= 15 is 0 Å². The largest absolute Gasteiger partial charge is 0.266 e. The van der Waals surface area contributed by atoms with Crippen LogP contribution in [0.1, 0.15) is 63.8 Å². The number of halogens is 1. The van der Waals surface area contributed by atoms with Crippen molar-refractivity contribution in [2.45, 2.75) is 57.8 Å². The first-order chi connectivity index (χ1) is 7.15. The Bertz CT molecular complexity index is 301. The Labute approximate surface area is 101 Å². The van der Waals surface area contributed by atoms with Crippen LogP contribution in [0.15, 0.2) is 6.20 Å². The first kappa shape index (κ1) is 12.8. The highest BCUT2D eigenvalue weighted by Gasteiger charge is 2.17. The van der Waals surface area contributed by atoms with Gasteiger partial charge >= 0.3 is 0 Å². The van der Waals surface area contributed by atoms with Gasteiger partial charge in [0.05, 0.1) is 12.2 Å². The molecule has 2 nitrogen and oxygen atoms in total. The van der Waals surface area contributed by atoms with Gasteiger partial charge in [-0.2, -0.15) is 5.10 Å². The monoisotopic (exact) mass is 272 g/mol. The number of aromatic nitrogens is 2. The minimum Gasteiger partial charge on any atom is -0.266 e. The highest BCUT2D eigenvalue weighted by Crippen LogP contribution is 2.26. The maximum atomic E-state index is 4.54. The molecule has 86 valence electrons. The van der Waals surface area contributed by atoms with Crippen molar-refractivity contribution < 1.29 is 0 Å². The summed E-state index contributed by atoms with van der Waals surface area (Å²) in [7, 11) is 0. The maximum Gasteiger partial charge on any atom is 0.0533 e. The van der Waals surface area contributed by atoms with Crippen molar-refractivity contribution in [1.82, 2.24) is 9.78 Å². The van der Waals surface area contributed by atoms with E-state index < -0.39 is 0 Å². The Balaban J connectivity index is 3.11. The molecule has 0 atom stereocenters. The van der Waals surface area contributed by atoms with Crippen LogP contribution in [-0.2, 0) is 5.33 Å². The molecule has 0 spiro atoms. The van der Waals surface area contributed by atoms with Gasteiger partial charge in [0.25, 0.3) is 0 Å².